The topological polar surface area (TPSA) is 63.7 Å². The van der Waals surface area contributed by atoms with Crippen molar-refractivity contribution in [2.24, 2.45) is 23.7 Å². The first-order chi connectivity index (χ1) is 13.0. The molecule has 1 aromatic rings. The number of carbonyl (C=O) groups is 3. The monoisotopic (exact) mass is 497 g/mol. The summed E-state index contributed by atoms with van der Waals surface area (Å²) >= 11 is 7.38. The number of esters is 1. The molecule has 0 aromatic heterocycles. The van der Waals surface area contributed by atoms with Gasteiger partial charge in [-0.2, -0.15) is 0 Å². The fraction of sp³-hybridized carbons (Fsp3) is 0.550. The zero-order valence-electron chi connectivity index (χ0n) is 14.9. The van der Waals surface area contributed by atoms with Gasteiger partial charge in [-0.15, -0.1) is 0 Å². The van der Waals surface area contributed by atoms with Gasteiger partial charge in [0.1, 0.15) is 0 Å². The quantitative estimate of drug-likeness (QED) is 0.267. The summed E-state index contributed by atoms with van der Waals surface area (Å²) in [6, 6.07) is 6.56. The number of amides is 2. The molecule has 1 heterocycles. The third-order valence-electron chi connectivity index (χ3n) is 6.08. The lowest BCUT2D eigenvalue weighted by atomic mass is 9.81. The van der Waals surface area contributed by atoms with Crippen LogP contribution in [0.1, 0.15) is 36.5 Å². The van der Waals surface area contributed by atoms with Crippen molar-refractivity contribution >= 4 is 55.3 Å². The molecular formula is C20H21Br2NO4. The molecule has 1 aliphatic heterocycles. The second kappa shape index (κ2) is 7.32. The highest BCUT2D eigenvalue weighted by atomic mass is 79.9. The highest BCUT2D eigenvalue weighted by Crippen LogP contribution is 2.60. The van der Waals surface area contributed by atoms with Gasteiger partial charge in [0.2, 0.25) is 11.8 Å². The molecule has 1 saturated heterocycles. The number of carbonyl (C=O) groups excluding carboxylic acids is 3. The Morgan fingerprint density at radius 1 is 1.07 bits per heavy atom. The Labute approximate surface area is 175 Å². The summed E-state index contributed by atoms with van der Waals surface area (Å²) < 4.78 is 5.20. The Hall–Kier alpha value is -1.21. The van der Waals surface area contributed by atoms with Gasteiger partial charge in [0.05, 0.1) is 29.7 Å². The largest absolute Gasteiger partial charge is 0.462 e. The van der Waals surface area contributed by atoms with Gasteiger partial charge >= 0.3 is 5.97 Å². The third-order valence-corrected chi connectivity index (χ3v) is 9.29. The maximum atomic E-state index is 13.0. The smallest absolute Gasteiger partial charge is 0.338 e. The predicted octanol–water partition coefficient (Wildman–Crippen LogP) is 3.93. The minimum absolute atomic E-state index is 0.111. The molecule has 0 N–H and O–H groups in total. The van der Waals surface area contributed by atoms with E-state index in [0.29, 0.717) is 17.9 Å². The maximum Gasteiger partial charge on any atom is 0.338 e. The fourth-order valence-electron chi connectivity index (χ4n) is 4.74. The standard InChI is InChI=1S/C20H21Br2NO4/c1-2-3-8-27-20(26)10-4-6-11(7-5-10)23-18(24)14-12-9-13(15(14)19(23)25)17(22)16(12)21/h4-7,12-17H,2-3,8-9H2,1H3/t12-,13-,14-,15-,16-,17+/m0/s1. The zero-order valence-corrected chi connectivity index (χ0v) is 18.1. The Bertz CT molecular complexity index is 749. The molecule has 2 saturated carbocycles. The number of anilines is 1. The minimum Gasteiger partial charge on any atom is -0.462 e. The van der Waals surface area contributed by atoms with E-state index in [0.717, 1.165) is 19.3 Å². The van der Waals surface area contributed by atoms with Crippen LogP contribution in [-0.2, 0) is 14.3 Å². The van der Waals surface area contributed by atoms with E-state index in [1.54, 1.807) is 24.3 Å². The van der Waals surface area contributed by atoms with E-state index in [1.165, 1.54) is 4.90 Å². The second-order valence-electron chi connectivity index (χ2n) is 7.55. The molecule has 3 aliphatic rings. The SMILES string of the molecule is CCCCOC(=O)c1ccc(N2C(=O)[C@H]3[C@@H]4C[C@H]([C@@H](Br)[C@H]4Br)[C@@H]3C2=O)cc1. The van der Waals surface area contributed by atoms with Crippen LogP contribution in [0.5, 0.6) is 0 Å². The Morgan fingerprint density at radius 3 is 2.15 bits per heavy atom. The molecule has 4 rings (SSSR count). The third kappa shape index (κ3) is 2.97. The minimum atomic E-state index is -0.381. The number of alkyl halides is 2. The summed E-state index contributed by atoms with van der Waals surface area (Å²) in [5, 5.41) is 0. The fourth-order valence-corrected chi connectivity index (χ4v) is 6.62. The van der Waals surface area contributed by atoms with Crippen molar-refractivity contribution in [1.82, 2.24) is 0 Å². The average molecular weight is 499 g/mol. The Morgan fingerprint density at radius 2 is 1.63 bits per heavy atom. The highest BCUT2D eigenvalue weighted by Gasteiger charge is 2.66. The van der Waals surface area contributed by atoms with E-state index < -0.39 is 0 Å². The molecule has 5 nitrogen and oxygen atoms in total. The van der Waals surface area contributed by atoms with Gasteiger partial charge < -0.3 is 4.74 Å². The van der Waals surface area contributed by atoms with Crippen molar-refractivity contribution < 1.29 is 19.1 Å². The van der Waals surface area contributed by atoms with Crippen LogP contribution in [0.25, 0.3) is 0 Å². The number of fused-ring (bicyclic) bond motifs is 5. The van der Waals surface area contributed by atoms with Gasteiger partial charge in [-0.1, -0.05) is 45.2 Å². The summed E-state index contributed by atoms with van der Waals surface area (Å²) in [5.41, 5.74) is 0.955. The van der Waals surface area contributed by atoms with Gasteiger partial charge in [-0.3, -0.25) is 14.5 Å². The van der Waals surface area contributed by atoms with E-state index >= 15 is 0 Å². The number of ether oxygens (including phenoxy) is 1. The van der Waals surface area contributed by atoms with Crippen LogP contribution >= 0.6 is 31.9 Å². The zero-order chi connectivity index (χ0) is 19.3. The maximum absolute atomic E-state index is 13.0. The van der Waals surface area contributed by atoms with Crippen LogP contribution in [0.2, 0.25) is 0 Å². The summed E-state index contributed by atoms with van der Waals surface area (Å²) in [6.45, 7) is 2.43. The number of benzene rings is 1. The molecule has 0 spiro atoms. The lowest BCUT2D eigenvalue weighted by molar-refractivity contribution is -0.123. The van der Waals surface area contributed by atoms with Crippen molar-refractivity contribution in [3.8, 4) is 0 Å². The molecule has 1 aromatic carbocycles. The summed E-state index contributed by atoms with van der Waals surface area (Å²) in [5.74, 6) is -0.691. The molecule has 2 bridgehead atoms. The number of imide groups is 1. The van der Waals surface area contributed by atoms with E-state index in [2.05, 4.69) is 31.9 Å². The van der Waals surface area contributed by atoms with E-state index in [1.807, 2.05) is 6.92 Å². The summed E-state index contributed by atoms with van der Waals surface area (Å²) in [6.07, 6.45) is 2.70. The second-order valence-corrected chi connectivity index (χ2v) is 9.67. The van der Waals surface area contributed by atoms with E-state index in [9.17, 15) is 14.4 Å². The van der Waals surface area contributed by atoms with Crippen LogP contribution in [0.3, 0.4) is 0 Å². The van der Waals surface area contributed by atoms with E-state index in [-0.39, 0.29) is 51.1 Å². The van der Waals surface area contributed by atoms with Crippen LogP contribution in [-0.4, -0.2) is 34.0 Å². The number of nitrogens with zero attached hydrogens (tertiary/aromatic N) is 1. The van der Waals surface area contributed by atoms with Gasteiger partial charge in [0.15, 0.2) is 0 Å². The molecule has 144 valence electrons. The van der Waals surface area contributed by atoms with Crippen LogP contribution < -0.4 is 4.90 Å². The molecule has 27 heavy (non-hydrogen) atoms. The lowest BCUT2D eigenvalue weighted by Gasteiger charge is -2.28. The first kappa shape index (κ1) is 19.1. The molecule has 2 aliphatic carbocycles. The first-order valence-corrected chi connectivity index (χ1v) is 11.2. The molecule has 6 atom stereocenters. The predicted molar refractivity (Wildman–Crippen MR) is 108 cm³/mol. The number of rotatable bonds is 5. The highest BCUT2D eigenvalue weighted by molar-refractivity contribution is 9.12. The molecule has 0 radical (unpaired) electrons. The number of unbranched alkanes of at least 4 members (excludes halogenated alkanes) is 1. The van der Waals surface area contributed by atoms with Gasteiger partial charge in [0, 0.05) is 9.65 Å². The number of hydrogen-bond donors (Lipinski definition) is 0. The molecule has 2 amide bonds. The summed E-state index contributed by atoms with van der Waals surface area (Å²) in [4.78, 5) is 39.8. The average Bonchev–Trinajstić information content (AvgIpc) is 3.27. The van der Waals surface area contributed by atoms with Crippen molar-refractivity contribution in [3.05, 3.63) is 29.8 Å². The van der Waals surface area contributed by atoms with Crippen molar-refractivity contribution in [3.63, 3.8) is 0 Å². The number of halogens is 2. The first-order valence-electron chi connectivity index (χ1n) is 9.38. The number of hydrogen-bond acceptors (Lipinski definition) is 4. The molecule has 7 heteroatoms. The normalized spacial score (nSPS) is 34.3. The van der Waals surface area contributed by atoms with Gasteiger partial charge in [-0.05, 0) is 48.9 Å². The van der Waals surface area contributed by atoms with Crippen molar-refractivity contribution in [1.29, 1.82) is 0 Å². The van der Waals surface area contributed by atoms with E-state index in [4.69, 9.17) is 4.74 Å². The van der Waals surface area contributed by atoms with Crippen LogP contribution in [0, 0.1) is 23.7 Å². The molecule has 3 fully saturated rings. The van der Waals surface area contributed by atoms with Gasteiger partial charge in [0.25, 0.3) is 0 Å². The Kier molecular flexibility index (Phi) is 5.18. The molecule has 0 unspecified atom stereocenters. The van der Waals surface area contributed by atoms with Crippen molar-refractivity contribution in [2.75, 3.05) is 11.5 Å². The summed E-state index contributed by atoms with van der Waals surface area (Å²) in [7, 11) is 0. The van der Waals surface area contributed by atoms with Crippen LogP contribution in [0.4, 0.5) is 5.69 Å². The Balaban J connectivity index is 1.52. The molecular weight excluding hydrogens is 478 g/mol. The van der Waals surface area contributed by atoms with Crippen LogP contribution in [0.15, 0.2) is 24.3 Å². The lowest BCUT2D eigenvalue weighted by Crippen LogP contribution is -2.37. The van der Waals surface area contributed by atoms with Gasteiger partial charge in [-0.25, -0.2) is 4.79 Å². The van der Waals surface area contributed by atoms with Crippen molar-refractivity contribution in [2.45, 2.75) is 35.8 Å².